The zero-order valence-electron chi connectivity index (χ0n) is 13.5. The van der Waals surface area contributed by atoms with Gasteiger partial charge < -0.3 is 10.6 Å². The molecule has 0 atom stereocenters. The molecule has 0 bridgehead atoms. The van der Waals surface area contributed by atoms with E-state index in [9.17, 15) is 4.39 Å². The van der Waals surface area contributed by atoms with E-state index in [0.717, 1.165) is 11.1 Å². The van der Waals surface area contributed by atoms with E-state index in [-0.39, 0.29) is 5.82 Å². The highest BCUT2D eigenvalue weighted by atomic mass is 35.5. The highest BCUT2D eigenvalue weighted by Crippen LogP contribution is 2.22. The minimum absolute atomic E-state index is 0.273. The molecule has 1 heterocycles. The molecule has 134 valence electrons. The van der Waals surface area contributed by atoms with Crippen LogP contribution in [0, 0.1) is 5.82 Å². The quantitative estimate of drug-likeness (QED) is 0.591. The van der Waals surface area contributed by atoms with Crippen LogP contribution in [0.25, 0.3) is 0 Å². The van der Waals surface area contributed by atoms with Crippen LogP contribution in [-0.4, -0.2) is 14.9 Å². The minimum Gasteiger partial charge on any atom is -0.358 e. The maximum atomic E-state index is 12.9. The Hall–Kier alpha value is -2.15. The molecule has 0 amide bonds. The molecule has 8 heteroatoms. The summed E-state index contributed by atoms with van der Waals surface area (Å²) in [5.41, 5.74) is 1.85. The minimum atomic E-state index is -0.273. The van der Waals surface area contributed by atoms with Crippen LogP contribution in [-0.2, 0) is 13.1 Å². The second kappa shape index (κ2) is 8.49. The Kier molecular flexibility index (Phi) is 6.08. The Bertz CT molecular complexity index is 912. The fraction of sp³-hybridized carbons (Fsp3) is 0.111. The van der Waals surface area contributed by atoms with Crippen LogP contribution in [0.2, 0.25) is 10.0 Å². The summed E-state index contributed by atoms with van der Waals surface area (Å²) in [7, 11) is 0. The first-order valence-corrected chi connectivity index (χ1v) is 8.93. The molecule has 3 aromatic rings. The Balaban J connectivity index is 1.59. The number of anilines is 1. The van der Waals surface area contributed by atoms with Crippen molar-refractivity contribution >= 4 is 46.4 Å². The first kappa shape index (κ1) is 18.6. The van der Waals surface area contributed by atoms with E-state index < -0.39 is 0 Å². The average Bonchev–Trinajstić information content (AvgIpc) is 2.95. The average molecular weight is 409 g/mol. The van der Waals surface area contributed by atoms with Crippen LogP contribution >= 0.6 is 35.4 Å². The van der Waals surface area contributed by atoms with Crippen LogP contribution in [0.4, 0.5) is 10.2 Å². The third-order valence-electron chi connectivity index (χ3n) is 3.61. The molecule has 0 saturated heterocycles. The Morgan fingerprint density at radius 1 is 1.08 bits per heavy atom. The van der Waals surface area contributed by atoms with Gasteiger partial charge in [-0.2, -0.15) is 5.10 Å². The summed E-state index contributed by atoms with van der Waals surface area (Å²) in [6.07, 6.45) is 1.70. The number of rotatable bonds is 5. The number of nitrogens with one attached hydrogen (secondary N) is 2. The Morgan fingerprint density at radius 2 is 1.81 bits per heavy atom. The Morgan fingerprint density at radius 3 is 2.54 bits per heavy atom. The van der Waals surface area contributed by atoms with Crippen molar-refractivity contribution < 1.29 is 4.39 Å². The largest absolute Gasteiger partial charge is 0.358 e. The fourth-order valence-electron chi connectivity index (χ4n) is 2.30. The van der Waals surface area contributed by atoms with Gasteiger partial charge in [0.05, 0.1) is 6.54 Å². The van der Waals surface area contributed by atoms with Gasteiger partial charge in [-0.1, -0.05) is 53.5 Å². The van der Waals surface area contributed by atoms with E-state index >= 15 is 0 Å². The van der Waals surface area contributed by atoms with Crippen LogP contribution < -0.4 is 10.6 Å². The fourth-order valence-corrected chi connectivity index (χ4v) is 2.86. The summed E-state index contributed by atoms with van der Waals surface area (Å²) in [4.78, 5) is 0. The lowest BCUT2D eigenvalue weighted by Gasteiger charge is -2.09. The van der Waals surface area contributed by atoms with Gasteiger partial charge >= 0.3 is 0 Å². The van der Waals surface area contributed by atoms with E-state index in [1.165, 1.54) is 12.1 Å². The summed E-state index contributed by atoms with van der Waals surface area (Å²) in [5, 5.41) is 11.9. The van der Waals surface area contributed by atoms with Crippen molar-refractivity contribution in [3.8, 4) is 0 Å². The number of aromatic nitrogens is 2. The van der Waals surface area contributed by atoms with Crippen molar-refractivity contribution in [1.82, 2.24) is 15.1 Å². The van der Waals surface area contributed by atoms with Gasteiger partial charge in [0, 0.05) is 17.8 Å². The maximum Gasteiger partial charge on any atom is 0.173 e. The molecule has 0 saturated carbocycles. The molecule has 26 heavy (non-hydrogen) atoms. The van der Waals surface area contributed by atoms with Crippen LogP contribution in [0.15, 0.2) is 54.7 Å². The lowest BCUT2D eigenvalue weighted by Crippen LogP contribution is -2.28. The molecule has 2 N–H and O–H groups in total. The number of benzene rings is 2. The molecule has 0 aliphatic carbocycles. The van der Waals surface area contributed by atoms with Crippen LogP contribution in [0.1, 0.15) is 11.1 Å². The topological polar surface area (TPSA) is 41.9 Å². The molecule has 0 spiro atoms. The van der Waals surface area contributed by atoms with Crippen LogP contribution in [0.3, 0.4) is 0 Å². The van der Waals surface area contributed by atoms with Gasteiger partial charge in [-0.05, 0) is 41.5 Å². The molecule has 0 fully saturated rings. The third kappa shape index (κ3) is 4.94. The Labute approximate surface area is 165 Å². The molecule has 0 radical (unpaired) electrons. The molecule has 1 aromatic heterocycles. The van der Waals surface area contributed by atoms with Gasteiger partial charge in [-0.25, -0.2) is 4.39 Å². The van der Waals surface area contributed by atoms with Crippen molar-refractivity contribution in [1.29, 1.82) is 0 Å². The molecule has 2 aromatic carbocycles. The monoisotopic (exact) mass is 408 g/mol. The second-order valence-electron chi connectivity index (χ2n) is 5.55. The molecular formula is C18H15Cl2FN4S. The molecular weight excluding hydrogens is 394 g/mol. The van der Waals surface area contributed by atoms with E-state index in [4.69, 9.17) is 35.4 Å². The number of nitrogens with zero attached hydrogens (tertiary/aromatic N) is 2. The van der Waals surface area contributed by atoms with Crippen molar-refractivity contribution in [2.24, 2.45) is 0 Å². The summed E-state index contributed by atoms with van der Waals surface area (Å²) >= 11 is 17.6. The molecule has 4 nitrogen and oxygen atoms in total. The normalized spacial score (nSPS) is 10.6. The summed E-state index contributed by atoms with van der Waals surface area (Å²) in [6.45, 7) is 0.959. The van der Waals surface area contributed by atoms with E-state index in [1.807, 2.05) is 24.3 Å². The van der Waals surface area contributed by atoms with Crippen molar-refractivity contribution in [2.45, 2.75) is 13.1 Å². The predicted molar refractivity (Wildman–Crippen MR) is 107 cm³/mol. The van der Waals surface area contributed by atoms with E-state index in [2.05, 4.69) is 15.7 Å². The number of halogens is 3. The highest BCUT2D eigenvalue weighted by molar-refractivity contribution is 7.80. The van der Waals surface area contributed by atoms with Crippen molar-refractivity contribution in [3.05, 3.63) is 81.7 Å². The lowest BCUT2D eigenvalue weighted by atomic mass is 10.2. The first-order chi connectivity index (χ1) is 12.5. The number of hydrogen-bond acceptors (Lipinski definition) is 2. The summed E-state index contributed by atoms with van der Waals surface area (Å²) in [6, 6.07) is 13.7. The van der Waals surface area contributed by atoms with Gasteiger partial charge in [-0.15, -0.1) is 0 Å². The molecule has 3 rings (SSSR count). The van der Waals surface area contributed by atoms with Gasteiger partial charge in [0.1, 0.15) is 10.8 Å². The summed E-state index contributed by atoms with van der Waals surface area (Å²) < 4.78 is 14.6. The smallest absolute Gasteiger partial charge is 0.173 e. The van der Waals surface area contributed by atoms with E-state index in [0.29, 0.717) is 34.1 Å². The summed E-state index contributed by atoms with van der Waals surface area (Å²) in [5.74, 6) is 0.181. The van der Waals surface area contributed by atoms with Gasteiger partial charge in [-0.3, -0.25) is 4.68 Å². The van der Waals surface area contributed by atoms with Gasteiger partial charge in [0.2, 0.25) is 0 Å². The van der Waals surface area contributed by atoms with Gasteiger partial charge in [0.25, 0.3) is 0 Å². The molecule has 0 unspecified atom stereocenters. The zero-order chi connectivity index (χ0) is 18.5. The zero-order valence-corrected chi connectivity index (χ0v) is 15.9. The van der Waals surface area contributed by atoms with Crippen LogP contribution in [0.5, 0.6) is 0 Å². The first-order valence-electron chi connectivity index (χ1n) is 7.77. The molecule has 0 aliphatic heterocycles. The van der Waals surface area contributed by atoms with Crippen molar-refractivity contribution in [2.75, 3.05) is 5.32 Å². The maximum absolute atomic E-state index is 12.9. The molecule has 0 aliphatic rings. The SMILES string of the molecule is Fc1ccc(CNC(=S)Nc2nn(Cc3ccccc3Cl)cc2Cl)cc1. The predicted octanol–water partition coefficient (Wildman–Crippen LogP) is 4.86. The highest BCUT2D eigenvalue weighted by Gasteiger charge is 2.10. The lowest BCUT2D eigenvalue weighted by molar-refractivity contribution is 0.627. The second-order valence-corrected chi connectivity index (χ2v) is 6.77. The standard InChI is InChI=1S/C18H15Cl2FN4S/c19-15-4-2-1-3-13(15)10-25-11-16(20)17(24-25)23-18(26)22-9-12-5-7-14(21)8-6-12/h1-8,11H,9-10H2,(H2,22,23,24,26). The number of hydrogen-bond donors (Lipinski definition) is 2. The van der Waals surface area contributed by atoms with E-state index in [1.54, 1.807) is 23.0 Å². The third-order valence-corrected chi connectivity index (χ3v) is 4.50. The van der Waals surface area contributed by atoms with Gasteiger partial charge in [0.15, 0.2) is 10.9 Å². The number of thiocarbonyl (C=S) groups is 1. The van der Waals surface area contributed by atoms with Crippen molar-refractivity contribution in [3.63, 3.8) is 0 Å².